The van der Waals surface area contributed by atoms with E-state index in [4.69, 9.17) is 9.15 Å². The van der Waals surface area contributed by atoms with Crippen molar-refractivity contribution in [3.05, 3.63) is 75.9 Å². The molecular weight excluding hydrogens is 397 g/mol. The van der Waals surface area contributed by atoms with Gasteiger partial charge in [0, 0.05) is 30.2 Å². The highest BCUT2D eigenvalue weighted by Gasteiger charge is 2.25. The highest BCUT2D eigenvalue weighted by atomic mass is 19.1. The lowest BCUT2D eigenvalue weighted by molar-refractivity contribution is 0.0835. The molecule has 0 N–H and O–H groups in total. The Balaban J connectivity index is 1.22. The maximum absolute atomic E-state index is 13.1. The lowest BCUT2D eigenvalue weighted by atomic mass is 9.89. The van der Waals surface area contributed by atoms with Crippen molar-refractivity contribution in [3.63, 3.8) is 0 Å². The van der Waals surface area contributed by atoms with E-state index in [0.29, 0.717) is 34.6 Å². The fourth-order valence-electron chi connectivity index (χ4n) is 4.09. The number of carbonyl (C=O) groups excluding carboxylic acids is 1. The summed E-state index contributed by atoms with van der Waals surface area (Å²) >= 11 is 0. The number of likely N-dealkylation sites (tertiary alicyclic amines) is 1. The Morgan fingerprint density at radius 2 is 1.87 bits per heavy atom. The van der Waals surface area contributed by atoms with E-state index in [9.17, 15) is 14.0 Å². The van der Waals surface area contributed by atoms with Crippen LogP contribution in [0.5, 0.6) is 5.75 Å². The van der Waals surface area contributed by atoms with E-state index in [0.717, 1.165) is 38.9 Å². The minimum Gasteiger partial charge on any atom is -0.493 e. The normalized spacial score (nSPS) is 15.3. The SMILES string of the molecule is Cc1cc(=O)c2ccc(OCCCN3CCC(C(=O)c4ccc(F)cc4)CC3)cc2o1. The van der Waals surface area contributed by atoms with E-state index in [-0.39, 0.29) is 22.9 Å². The van der Waals surface area contributed by atoms with Crippen molar-refractivity contribution in [2.75, 3.05) is 26.2 Å². The lowest BCUT2D eigenvalue weighted by Gasteiger charge is -2.31. The molecule has 2 aromatic carbocycles. The summed E-state index contributed by atoms with van der Waals surface area (Å²) in [5.41, 5.74) is 1.08. The third-order valence-electron chi connectivity index (χ3n) is 5.80. The highest BCUT2D eigenvalue weighted by molar-refractivity contribution is 5.97. The van der Waals surface area contributed by atoms with Crippen molar-refractivity contribution in [1.82, 2.24) is 4.90 Å². The molecule has 3 aromatic rings. The predicted octanol–water partition coefficient (Wildman–Crippen LogP) is 4.60. The third-order valence-corrected chi connectivity index (χ3v) is 5.80. The number of hydrogen-bond donors (Lipinski definition) is 0. The Morgan fingerprint density at radius 3 is 2.61 bits per heavy atom. The van der Waals surface area contributed by atoms with Crippen LogP contribution in [0.4, 0.5) is 4.39 Å². The van der Waals surface area contributed by atoms with Crippen LogP contribution in [-0.4, -0.2) is 36.9 Å². The number of rotatable bonds is 7. The van der Waals surface area contributed by atoms with Crippen molar-refractivity contribution < 1.29 is 18.3 Å². The Labute approximate surface area is 180 Å². The Kier molecular flexibility index (Phi) is 6.47. The quantitative estimate of drug-likeness (QED) is 0.410. The molecule has 0 unspecified atom stereocenters. The summed E-state index contributed by atoms with van der Waals surface area (Å²) in [4.78, 5) is 26.9. The number of aryl methyl sites for hydroxylation is 1. The van der Waals surface area contributed by atoms with Gasteiger partial charge >= 0.3 is 0 Å². The Hall–Kier alpha value is -2.99. The van der Waals surface area contributed by atoms with Gasteiger partial charge in [0.05, 0.1) is 12.0 Å². The maximum Gasteiger partial charge on any atom is 0.192 e. The molecule has 0 radical (unpaired) electrons. The summed E-state index contributed by atoms with van der Waals surface area (Å²) in [7, 11) is 0. The predicted molar refractivity (Wildman–Crippen MR) is 117 cm³/mol. The molecule has 1 aliphatic rings. The fourth-order valence-corrected chi connectivity index (χ4v) is 4.09. The minimum absolute atomic E-state index is 0.00803. The molecule has 6 heteroatoms. The van der Waals surface area contributed by atoms with Gasteiger partial charge < -0.3 is 14.1 Å². The van der Waals surface area contributed by atoms with Gasteiger partial charge in [-0.25, -0.2) is 4.39 Å². The fraction of sp³-hybridized carbons (Fsp3) is 0.360. The van der Waals surface area contributed by atoms with Gasteiger partial charge in [0.2, 0.25) is 0 Å². The van der Waals surface area contributed by atoms with Crippen LogP contribution in [0.2, 0.25) is 0 Å². The number of nitrogens with zero attached hydrogens (tertiary/aromatic N) is 1. The van der Waals surface area contributed by atoms with Gasteiger partial charge in [-0.1, -0.05) is 0 Å². The maximum atomic E-state index is 13.1. The lowest BCUT2D eigenvalue weighted by Crippen LogP contribution is -2.37. The third kappa shape index (κ3) is 5.20. The second-order valence-electron chi connectivity index (χ2n) is 8.07. The molecule has 31 heavy (non-hydrogen) atoms. The summed E-state index contributed by atoms with van der Waals surface area (Å²) in [5, 5.41) is 0.552. The molecule has 162 valence electrons. The molecule has 5 nitrogen and oxygen atoms in total. The van der Waals surface area contributed by atoms with Crippen molar-refractivity contribution >= 4 is 16.8 Å². The zero-order valence-corrected chi connectivity index (χ0v) is 17.6. The molecule has 0 atom stereocenters. The van der Waals surface area contributed by atoms with E-state index in [1.54, 1.807) is 37.3 Å². The van der Waals surface area contributed by atoms with Crippen LogP contribution in [0.15, 0.2) is 57.7 Å². The largest absolute Gasteiger partial charge is 0.493 e. The number of fused-ring (bicyclic) bond motifs is 1. The van der Waals surface area contributed by atoms with Crippen LogP contribution in [0.1, 0.15) is 35.4 Å². The molecule has 1 aliphatic heterocycles. The monoisotopic (exact) mass is 423 g/mol. The number of halogens is 1. The first-order chi connectivity index (χ1) is 15.0. The molecule has 2 heterocycles. The standard InChI is InChI=1S/C25H26FNO4/c1-17-15-23(28)22-8-7-21(16-24(22)31-17)30-14-2-11-27-12-9-19(10-13-27)25(29)18-3-5-20(26)6-4-18/h3-8,15-16,19H,2,9-14H2,1H3. The molecule has 1 saturated heterocycles. The zero-order chi connectivity index (χ0) is 21.8. The van der Waals surface area contributed by atoms with Crippen LogP contribution in [-0.2, 0) is 0 Å². The summed E-state index contributed by atoms with van der Waals surface area (Å²) in [6, 6.07) is 12.6. The van der Waals surface area contributed by atoms with Gasteiger partial charge in [-0.05, 0) is 75.7 Å². The molecule has 0 saturated carbocycles. The Morgan fingerprint density at radius 1 is 1.13 bits per heavy atom. The topological polar surface area (TPSA) is 59.8 Å². The van der Waals surface area contributed by atoms with E-state index in [2.05, 4.69) is 4.90 Å². The van der Waals surface area contributed by atoms with Gasteiger partial charge in [0.25, 0.3) is 0 Å². The number of Topliss-reactive ketones (excluding diaryl/α,β-unsaturated/α-hetero) is 1. The van der Waals surface area contributed by atoms with Crippen molar-refractivity contribution in [1.29, 1.82) is 0 Å². The van der Waals surface area contributed by atoms with Gasteiger partial charge in [-0.2, -0.15) is 0 Å². The van der Waals surface area contributed by atoms with Gasteiger partial charge in [0.1, 0.15) is 22.9 Å². The van der Waals surface area contributed by atoms with E-state index in [1.807, 2.05) is 0 Å². The number of ether oxygens (including phenoxy) is 1. The number of piperidine rings is 1. The summed E-state index contributed by atoms with van der Waals surface area (Å²) in [6.07, 6.45) is 2.51. The smallest absolute Gasteiger partial charge is 0.192 e. The van der Waals surface area contributed by atoms with Crippen LogP contribution >= 0.6 is 0 Å². The first-order valence-corrected chi connectivity index (χ1v) is 10.7. The van der Waals surface area contributed by atoms with E-state index < -0.39 is 0 Å². The average Bonchev–Trinajstić information content (AvgIpc) is 2.77. The molecule has 1 fully saturated rings. The average molecular weight is 423 g/mol. The summed E-state index contributed by atoms with van der Waals surface area (Å²) in [5.74, 6) is 1.06. The van der Waals surface area contributed by atoms with Crippen molar-refractivity contribution in [2.45, 2.75) is 26.2 Å². The molecule has 0 spiro atoms. The highest BCUT2D eigenvalue weighted by Crippen LogP contribution is 2.23. The van der Waals surface area contributed by atoms with Crippen molar-refractivity contribution in [2.24, 2.45) is 5.92 Å². The molecule has 1 aromatic heterocycles. The Bertz CT molecular complexity index is 1110. The van der Waals surface area contributed by atoms with Gasteiger partial charge in [-0.15, -0.1) is 0 Å². The number of benzene rings is 2. The van der Waals surface area contributed by atoms with Crippen LogP contribution in [0, 0.1) is 18.7 Å². The molecule has 4 rings (SSSR count). The second-order valence-corrected chi connectivity index (χ2v) is 8.07. The molecule has 0 aliphatic carbocycles. The van der Waals surface area contributed by atoms with Crippen LogP contribution < -0.4 is 10.2 Å². The number of carbonyl (C=O) groups is 1. The van der Waals surface area contributed by atoms with Crippen LogP contribution in [0.25, 0.3) is 11.0 Å². The van der Waals surface area contributed by atoms with Crippen LogP contribution in [0.3, 0.4) is 0 Å². The zero-order valence-electron chi connectivity index (χ0n) is 17.6. The van der Waals surface area contributed by atoms with E-state index >= 15 is 0 Å². The molecule has 0 amide bonds. The van der Waals surface area contributed by atoms with E-state index in [1.165, 1.54) is 18.2 Å². The number of hydrogen-bond acceptors (Lipinski definition) is 5. The second kappa shape index (κ2) is 9.43. The minimum atomic E-state index is -0.322. The van der Waals surface area contributed by atoms with Gasteiger partial charge in [-0.3, -0.25) is 9.59 Å². The molecule has 0 bridgehead atoms. The molecular formula is C25H26FNO4. The van der Waals surface area contributed by atoms with Gasteiger partial charge in [0.15, 0.2) is 11.2 Å². The van der Waals surface area contributed by atoms with Crippen molar-refractivity contribution in [3.8, 4) is 5.75 Å². The summed E-state index contributed by atoms with van der Waals surface area (Å²) in [6.45, 7) is 4.97. The first-order valence-electron chi connectivity index (χ1n) is 10.7. The first kappa shape index (κ1) is 21.2. The number of ketones is 1. The summed E-state index contributed by atoms with van der Waals surface area (Å²) < 4.78 is 24.5.